The maximum absolute atomic E-state index is 13.6. The van der Waals surface area contributed by atoms with Crippen LogP contribution in [0.2, 0.25) is 0 Å². The average molecular weight is 373 g/mol. The second-order valence-corrected chi connectivity index (χ2v) is 7.24. The van der Waals surface area contributed by atoms with Crippen LogP contribution in [-0.2, 0) is 21.3 Å². The molecule has 0 unspecified atom stereocenters. The van der Waals surface area contributed by atoms with E-state index in [0.717, 1.165) is 5.69 Å². The van der Waals surface area contributed by atoms with Gasteiger partial charge in [0, 0.05) is 10.8 Å². The largest absolute Gasteiger partial charge is 0.323 e. The van der Waals surface area contributed by atoms with Crippen molar-refractivity contribution in [2.45, 2.75) is 17.9 Å². The van der Waals surface area contributed by atoms with Gasteiger partial charge in [-0.05, 0) is 41.6 Å². The monoisotopic (exact) mass is 373 g/mol. The molecule has 26 heavy (non-hydrogen) atoms. The zero-order valence-electron chi connectivity index (χ0n) is 13.9. The van der Waals surface area contributed by atoms with Crippen molar-refractivity contribution in [3.05, 3.63) is 66.2 Å². The van der Waals surface area contributed by atoms with Crippen molar-refractivity contribution < 1.29 is 13.4 Å². The number of hydrogen-bond donors (Lipinski definition) is 1. The number of amides is 1. The van der Waals surface area contributed by atoms with E-state index in [4.69, 9.17) is 0 Å². The number of halogens is 1. The highest BCUT2D eigenvalue weighted by Crippen LogP contribution is 2.15. The van der Waals surface area contributed by atoms with Crippen LogP contribution in [0.15, 0.2) is 54.6 Å². The lowest BCUT2D eigenvalue weighted by Crippen LogP contribution is -2.30. The molecule has 0 aliphatic heterocycles. The molecule has 0 aliphatic carbocycles. The second kappa shape index (κ2) is 7.96. The van der Waals surface area contributed by atoms with Crippen molar-refractivity contribution in [1.29, 1.82) is 0 Å². The van der Waals surface area contributed by atoms with Gasteiger partial charge in [-0.3, -0.25) is 9.00 Å². The quantitative estimate of drug-likeness (QED) is 0.714. The number of anilines is 1. The third-order valence-corrected chi connectivity index (χ3v) is 5.25. The van der Waals surface area contributed by atoms with Gasteiger partial charge in [-0.25, -0.2) is 4.39 Å². The molecular formula is C17H16FN5O2S. The normalized spacial score (nSPS) is 13.2. The minimum absolute atomic E-state index is 0.00620. The second-order valence-electron chi connectivity index (χ2n) is 5.48. The van der Waals surface area contributed by atoms with E-state index in [2.05, 4.69) is 20.8 Å². The van der Waals surface area contributed by atoms with E-state index in [-0.39, 0.29) is 11.4 Å². The minimum Gasteiger partial charge on any atom is -0.323 e. The number of tetrazole rings is 1. The first-order valence-electron chi connectivity index (χ1n) is 7.81. The van der Waals surface area contributed by atoms with Crippen molar-refractivity contribution in [3.8, 4) is 5.69 Å². The van der Waals surface area contributed by atoms with Crippen LogP contribution in [0.1, 0.15) is 12.7 Å². The van der Waals surface area contributed by atoms with Crippen LogP contribution in [0.25, 0.3) is 5.69 Å². The number of carbonyl (C=O) groups excluding carboxylic acids is 1. The first-order valence-corrected chi connectivity index (χ1v) is 9.19. The van der Waals surface area contributed by atoms with Crippen molar-refractivity contribution in [2.24, 2.45) is 0 Å². The Morgan fingerprint density at radius 3 is 2.62 bits per heavy atom. The summed E-state index contributed by atoms with van der Waals surface area (Å²) >= 11 is 0. The van der Waals surface area contributed by atoms with Gasteiger partial charge in [-0.2, -0.15) is 4.68 Å². The molecule has 2 atom stereocenters. The van der Waals surface area contributed by atoms with E-state index in [0.29, 0.717) is 5.82 Å². The molecule has 0 fully saturated rings. The lowest BCUT2D eigenvalue weighted by molar-refractivity contribution is -0.115. The zero-order chi connectivity index (χ0) is 18.5. The number of aromatic nitrogens is 4. The highest BCUT2D eigenvalue weighted by Gasteiger charge is 2.23. The van der Waals surface area contributed by atoms with Crippen LogP contribution in [0.4, 0.5) is 10.1 Å². The Labute approximate surface area is 151 Å². The maximum Gasteiger partial charge on any atom is 0.239 e. The first-order chi connectivity index (χ1) is 12.6. The fraction of sp³-hybridized carbons (Fsp3) is 0.176. The first kappa shape index (κ1) is 17.9. The molecule has 134 valence electrons. The van der Waals surface area contributed by atoms with Gasteiger partial charge >= 0.3 is 0 Å². The van der Waals surface area contributed by atoms with Crippen LogP contribution in [0.5, 0.6) is 0 Å². The van der Waals surface area contributed by atoms with E-state index in [1.807, 2.05) is 30.3 Å². The Morgan fingerprint density at radius 2 is 1.88 bits per heavy atom. The smallest absolute Gasteiger partial charge is 0.239 e. The predicted molar refractivity (Wildman–Crippen MR) is 95.5 cm³/mol. The van der Waals surface area contributed by atoms with Crippen LogP contribution in [0.3, 0.4) is 0 Å². The van der Waals surface area contributed by atoms with Crippen LogP contribution in [-0.4, -0.2) is 35.6 Å². The van der Waals surface area contributed by atoms with Gasteiger partial charge in [0.25, 0.3) is 0 Å². The van der Waals surface area contributed by atoms with Gasteiger partial charge < -0.3 is 5.32 Å². The topological polar surface area (TPSA) is 89.8 Å². The highest BCUT2D eigenvalue weighted by atomic mass is 32.2. The molecular weight excluding hydrogens is 357 g/mol. The molecule has 1 amide bonds. The van der Waals surface area contributed by atoms with Crippen LogP contribution in [0, 0.1) is 5.82 Å². The number of carbonyl (C=O) groups is 1. The van der Waals surface area contributed by atoms with Gasteiger partial charge in [0.05, 0.1) is 17.1 Å². The molecule has 2 aromatic carbocycles. The summed E-state index contributed by atoms with van der Waals surface area (Å²) in [5, 5.41) is 13.0. The standard InChI is InChI=1S/C17H16FN5O2S/c1-12(17(24)19-15-10-6-5-9-14(15)18)26(25)11-16-20-21-22-23(16)13-7-3-2-4-8-13/h2-10,12H,11H2,1H3,(H,19,24)/t12-,26+/m0/s1. The van der Waals surface area contributed by atoms with E-state index in [9.17, 15) is 13.4 Å². The summed E-state index contributed by atoms with van der Waals surface area (Å²) in [6.45, 7) is 1.52. The van der Waals surface area contributed by atoms with E-state index in [1.165, 1.54) is 29.8 Å². The summed E-state index contributed by atoms with van der Waals surface area (Å²) < 4.78 is 27.7. The average Bonchev–Trinajstić information content (AvgIpc) is 3.11. The van der Waals surface area contributed by atoms with Crippen LogP contribution < -0.4 is 5.32 Å². The number of rotatable bonds is 6. The molecule has 1 N–H and O–H groups in total. The molecule has 0 saturated heterocycles. The Balaban J connectivity index is 1.70. The van der Waals surface area contributed by atoms with E-state index >= 15 is 0 Å². The van der Waals surface area contributed by atoms with Crippen molar-refractivity contribution in [3.63, 3.8) is 0 Å². The Hall–Kier alpha value is -2.94. The van der Waals surface area contributed by atoms with Crippen molar-refractivity contribution in [1.82, 2.24) is 20.2 Å². The summed E-state index contributed by atoms with van der Waals surface area (Å²) in [6.07, 6.45) is 0. The zero-order valence-corrected chi connectivity index (χ0v) is 14.7. The van der Waals surface area contributed by atoms with Gasteiger partial charge in [-0.15, -0.1) is 5.10 Å². The molecule has 1 heterocycles. The summed E-state index contributed by atoms with van der Waals surface area (Å²) in [6, 6.07) is 15.0. The molecule has 3 aromatic rings. The minimum atomic E-state index is -1.59. The van der Waals surface area contributed by atoms with Crippen LogP contribution >= 0.6 is 0 Å². The number of benzene rings is 2. The fourth-order valence-corrected chi connectivity index (χ4v) is 3.22. The van der Waals surface area contributed by atoms with E-state index in [1.54, 1.807) is 6.07 Å². The summed E-state index contributed by atoms with van der Waals surface area (Å²) in [5.41, 5.74) is 0.781. The molecule has 1 aromatic heterocycles. The molecule has 7 nitrogen and oxygen atoms in total. The number of para-hydroxylation sites is 2. The summed E-state index contributed by atoms with van der Waals surface area (Å²) in [5.74, 6) is -0.715. The third-order valence-electron chi connectivity index (χ3n) is 3.70. The lowest BCUT2D eigenvalue weighted by Gasteiger charge is -2.12. The van der Waals surface area contributed by atoms with Gasteiger partial charge in [0.2, 0.25) is 5.91 Å². The Morgan fingerprint density at radius 1 is 1.19 bits per heavy atom. The van der Waals surface area contributed by atoms with Gasteiger partial charge in [0.1, 0.15) is 11.1 Å². The van der Waals surface area contributed by atoms with Crippen molar-refractivity contribution in [2.75, 3.05) is 5.32 Å². The molecule has 3 rings (SSSR count). The molecule has 0 spiro atoms. The summed E-state index contributed by atoms with van der Waals surface area (Å²) in [7, 11) is -1.59. The molecule has 0 saturated carbocycles. The molecule has 9 heteroatoms. The van der Waals surface area contributed by atoms with Crippen molar-refractivity contribution >= 4 is 22.4 Å². The molecule has 0 aliphatic rings. The fourth-order valence-electron chi connectivity index (χ4n) is 2.23. The maximum atomic E-state index is 13.6. The number of nitrogens with one attached hydrogen (secondary N) is 1. The molecule has 0 bridgehead atoms. The Bertz CT molecular complexity index is 932. The highest BCUT2D eigenvalue weighted by molar-refractivity contribution is 7.85. The predicted octanol–water partition coefficient (Wildman–Crippen LogP) is 2.08. The number of hydrogen-bond acceptors (Lipinski definition) is 5. The van der Waals surface area contributed by atoms with Gasteiger partial charge in [-0.1, -0.05) is 30.3 Å². The summed E-state index contributed by atoms with van der Waals surface area (Å²) in [4.78, 5) is 12.3. The SMILES string of the molecule is C[C@@H](C(=O)Nc1ccccc1F)[S@](=O)Cc1nnnn1-c1ccccc1. The Kier molecular flexibility index (Phi) is 5.47. The lowest BCUT2D eigenvalue weighted by atomic mass is 10.3. The van der Waals surface area contributed by atoms with E-state index < -0.39 is 27.8 Å². The third kappa shape index (κ3) is 3.99. The van der Waals surface area contributed by atoms with Gasteiger partial charge in [0.15, 0.2) is 5.82 Å². The molecule has 0 radical (unpaired) electrons. The number of nitrogens with zero attached hydrogens (tertiary/aromatic N) is 4.